The fourth-order valence-corrected chi connectivity index (χ4v) is 5.79. The first-order chi connectivity index (χ1) is 19.9. The fraction of sp³-hybridized carbons (Fsp3) is 0.414. The Morgan fingerprint density at radius 3 is 2.54 bits per heavy atom. The topological polar surface area (TPSA) is 120 Å². The average molecular weight is 578 g/mol. The maximum Gasteiger partial charge on any atom is 0.267 e. The number of nitrogens with one attached hydrogen (secondary N) is 2. The first kappa shape index (κ1) is 28.5. The Morgan fingerprint density at radius 1 is 0.902 bits per heavy atom. The summed E-state index contributed by atoms with van der Waals surface area (Å²) in [6.07, 6.45) is 1.64. The quantitative estimate of drug-likeness (QED) is 0.459. The highest BCUT2D eigenvalue weighted by Crippen LogP contribution is 2.30. The largest absolute Gasteiger partial charge is 0.497 e. The van der Waals surface area contributed by atoms with Gasteiger partial charge in [0.2, 0.25) is 0 Å². The lowest BCUT2D eigenvalue weighted by Crippen LogP contribution is -2.35. The summed E-state index contributed by atoms with van der Waals surface area (Å²) in [5.74, 6) is 0.172. The van der Waals surface area contributed by atoms with Crippen LogP contribution >= 0.6 is 11.5 Å². The van der Waals surface area contributed by atoms with Gasteiger partial charge in [0.25, 0.3) is 17.7 Å². The van der Waals surface area contributed by atoms with Crippen LogP contribution in [0, 0.1) is 6.92 Å². The molecule has 0 bridgehead atoms. The number of rotatable bonds is 6. The normalized spacial score (nSPS) is 16.1. The van der Waals surface area contributed by atoms with E-state index in [2.05, 4.69) is 25.1 Å². The zero-order valence-corrected chi connectivity index (χ0v) is 24.2. The van der Waals surface area contributed by atoms with Crippen LogP contribution in [0.2, 0.25) is 0 Å². The molecule has 2 aliphatic rings. The van der Waals surface area contributed by atoms with Gasteiger partial charge in [-0.25, -0.2) is 0 Å². The van der Waals surface area contributed by atoms with Crippen LogP contribution in [0.5, 0.6) is 5.75 Å². The Labute approximate surface area is 243 Å². The second-order valence-electron chi connectivity index (χ2n) is 10.1. The lowest BCUT2D eigenvalue weighted by Gasteiger charge is -2.27. The molecule has 216 valence electrons. The van der Waals surface area contributed by atoms with Gasteiger partial charge in [-0.3, -0.25) is 14.4 Å². The van der Waals surface area contributed by atoms with Gasteiger partial charge in [0, 0.05) is 56.9 Å². The van der Waals surface area contributed by atoms with E-state index in [1.165, 1.54) is 0 Å². The number of hydrogen-bond donors (Lipinski definition) is 2. The molecule has 2 aromatic carbocycles. The monoisotopic (exact) mass is 577 g/mol. The highest BCUT2D eigenvalue weighted by Gasteiger charge is 2.26. The number of benzene rings is 2. The number of methoxy groups -OCH3 is 1. The molecular weight excluding hydrogens is 542 g/mol. The minimum absolute atomic E-state index is 0.0567. The molecule has 0 unspecified atom stereocenters. The Morgan fingerprint density at radius 2 is 1.73 bits per heavy atom. The number of nitrogens with zero attached hydrogens (tertiary/aromatic N) is 5. The van der Waals surface area contributed by atoms with E-state index in [-0.39, 0.29) is 17.7 Å². The third kappa shape index (κ3) is 6.66. The number of anilines is 2. The molecule has 12 heteroatoms. The molecule has 0 aliphatic carbocycles. The minimum Gasteiger partial charge on any atom is -0.497 e. The molecule has 11 nitrogen and oxygen atoms in total. The van der Waals surface area contributed by atoms with E-state index in [9.17, 15) is 14.4 Å². The van der Waals surface area contributed by atoms with Crippen molar-refractivity contribution in [3.05, 3.63) is 64.2 Å². The van der Waals surface area contributed by atoms with Crippen LogP contribution in [0.25, 0.3) is 0 Å². The van der Waals surface area contributed by atoms with Crippen molar-refractivity contribution in [3.8, 4) is 5.75 Å². The molecule has 3 aromatic rings. The number of ether oxygens (including phenoxy) is 1. The van der Waals surface area contributed by atoms with E-state index in [1.54, 1.807) is 44.4 Å². The highest BCUT2D eigenvalue weighted by molar-refractivity contribution is 7.07. The second-order valence-corrected chi connectivity index (χ2v) is 10.9. The summed E-state index contributed by atoms with van der Waals surface area (Å²) in [5.41, 5.74) is 2.98. The van der Waals surface area contributed by atoms with Crippen molar-refractivity contribution in [3.63, 3.8) is 0 Å². The number of carbonyl (C=O) groups excluding carboxylic acids is 3. The first-order valence-electron chi connectivity index (χ1n) is 13.9. The third-order valence-corrected chi connectivity index (χ3v) is 8.24. The van der Waals surface area contributed by atoms with E-state index in [4.69, 9.17) is 4.74 Å². The first-order valence-corrected chi connectivity index (χ1v) is 14.6. The number of hydrogen-bond acceptors (Lipinski definition) is 9. The molecule has 3 heterocycles. The Bertz CT molecular complexity index is 1400. The van der Waals surface area contributed by atoms with E-state index in [1.807, 2.05) is 21.9 Å². The lowest BCUT2D eigenvalue weighted by molar-refractivity contribution is 0.0760. The van der Waals surface area contributed by atoms with E-state index in [0.29, 0.717) is 72.4 Å². The van der Waals surface area contributed by atoms with Crippen LogP contribution in [-0.2, 0) is 0 Å². The molecule has 2 aliphatic heterocycles. The SMILES string of the molecule is COc1cccc(C(=O)Nc2cc(C(=O)N3CCCNCC3)ccc2N2CCCN(C(=O)c3snnc3C)CC2)c1. The van der Waals surface area contributed by atoms with Gasteiger partial charge in [0.05, 0.1) is 24.2 Å². The molecule has 5 rings (SSSR count). The van der Waals surface area contributed by atoms with Crippen LogP contribution < -0.4 is 20.3 Å². The summed E-state index contributed by atoms with van der Waals surface area (Å²) < 4.78 is 9.21. The predicted octanol–water partition coefficient (Wildman–Crippen LogP) is 2.90. The second kappa shape index (κ2) is 13.1. The van der Waals surface area contributed by atoms with Crippen LogP contribution in [0.15, 0.2) is 42.5 Å². The Hall–Kier alpha value is -4.03. The summed E-state index contributed by atoms with van der Waals surface area (Å²) >= 11 is 1.12. The molecule has 1 aromatic heterocycles. The summed E-state index contributed by atoms with van der Waals surface area (Å²) in [6.45, 7) is 7.14. The van der Waals surface area contributed by atoms with E-state index < -0.39 is 0 Å². The maximum atomic E-state index is 13.4. The third-order valence-electron chi connectivity index (χ3n) is 7.42. The molecular formula is C29H35N7O4S. The molecule has 2 N–H and O–H groups in total. The number of carbonyl (C=O) groups is 3. The van der Waals surface area contributed by atoms with Crippen LogP contribution in [0.1, 0.15) is 48.9 Å². The average Bonchev–Trinajstić information content (AvgIpc) is 3.17. The Balaban J connectivity index is 1.41. The van der Waals surface area contributed by atoms with Crippen molar-refractivity contribution in [2.24, 2.45) is 0 Å². The highest BCUT2D eigenvalue weighted by atomic mass is 32.1. The van der Waals surface area contributed by atoms with Crippen LogP contribution in [0.4, 0.5) is 11.4 Å². The van der Waals surface area contributed by atoms with Crippen molar-refractivity contribution >= 4 is 40.6 Å². The molecule has 0 spiro atoms. The van der Waals surface area contributed by atoms with Crippen molar-refractivity contribution in [1.82, 2.24) is 24.7 Å². The molecule has 0 saturated carbocycles. The number of aryl methyl sites for hydroxylation is 1. The zero-order chi connectivity index (χ0) is 28.8. The van der Waals surface area contributed by atoms with Gasteiger partial charge in [-0.2, -0.15) is 0 Å². The van der Waals surface area contributed by atoms with Gasteiger partial charge in [0.15, 0.2) is 0 Å². The number of amides is 3. The smallest absolute Gasteiger partial charge is 0.267 e. The standard InChI is InChI=1S/C29H35N7O4S/c1-20-26(41-33-32-20)29(39)36-14-5-13-34(16-17-36)25-9-8-22(28(38)35-12-4-10-30-11-15-35)19-24(25)31-27(37)21-6-3-7-23(18-21)40-2/h3,6-9,18-19,30H,4-5,10-17H2,1-2H3,(H,31,37). The number of aromatic nitrogens is 2. The summed E-state index contributed by atoms with van der Waals surface area (Å²) in [6, 6.07) is 12.5. The maximum absolute atomic E-state index is 13.4. The summed E-state index contributed by atoms with van der Waals surface area (Å²) in [7, 11) is 1.56. The van der Waals surface area contributed by atoms with Crippen LogP contribution in [-0.4, -0.2) is 96.6 Å². The van der Waals surface area contributed by atoms with Crippen molar-refractivity contribution in [2.45, 2.75) is 19.8 Å². The van der Waals surface area contributed by atoms with Crippen LogP contribution in [0.3, 0.4) is 0 Å². The van der Waals surface area contributed by atoms with Crippen molar-refractivity contribution in [2.75, 3.05) is 69.7 Å². The predicted molar refractivity (Wildman–Crippen MR) is 158 cm³/mol. The molecule has 2 fully saturated rings. The lowest BCUT2D eigenvalue weighted by atomic mass is 10.1. The molecule has 3 amide bonds. The fourth-order valence-electron chi connectivity index (χ4n) is 5.17. The summed E-state index contributed by atoms with van der Waals surface area (Å²) in [5, 5.41) is 10.4. The van der Waals surface area contributed by atoms with E-state index >= 15 is 0 Å². The van der Waals surface area contributed by atoms with Gasteiger partial charge in [-0.05, 0) is 74.2 Å². The molecule has 2 saturated heterocycles. The van der Waals surface area contributed by atoms with Gasteiger partial charge in [-0.15, -0.1) is 5.10 Å². The minimum atomic E-state index is -0.298. The van der Waals surface area contributed by atoms with Gasteiger partial charge in [0.1, 0.15) is 10.6 Å². The van der Waals surface area contributed by atoms with Gasteiger partial charge < -0.3 is 30.1 Å². The van der Waals surface area contributed by atoms with Gasteiger partial charge >= 0.3 is 0 Å². The van der Waals surface area contributed by atoms with Gasteiger partial charge in [-0.1, -0.05) is 10.6 Å². The molecule has 41 heavy (non-hydrogen) atoms. The molecule has 0 radical (unpaired) electrons. The zero-order valence-electron chi connectivity index (χ0n) is 23.4. The van der Waals surface area contributed by atoms with Crippen molar-refractivity contribution < 1.29 is 19.1 Å². The van der Waals surface area contributed by atoms with Crippen molar-refractivity contribution in [1.29, 1.82) is 0 Å². The molecule has 0 atom stereocenters. The summed E-state index contributed by atoms with van der Waals surface area (Å²) in [4.78, 5) is 46.3. The Kier molecular flexibility index (Phi) is 9.10. The van der Waals surface area contributed by atoms with E-state index in [0.717, 1.165) is 43.2 Å².